The number of hydrogen-bond acceptors (Lipinski definition) is 3. The maximum atomic E-state index is 13.5. The number of rotatable bonds is 5. The third-order valence-electron chi connectivity index (χ3n) is 3.33. The van der Waals surface area contributed by atoms with Crippen molar-refractivity contribution < 1.29 is 22.7 Å². The number of carbonyl (C=O) groups is 1. The molecule has 2 rings (SSSR count). The number of esters is 1. The Morgan fingerprint density at radius 1 is 1.29 bits per heavy atom. The van der Waals surface area contributed by atoms with Gasteiger partial charge in [0.15, 0.2) is 0 Å². The van der Waals surface area contributed by atoms with Crippen molar-refractivity contribution in [3.05, 3.63) is 59.6 Å². The number of hydrogen-bond donors (Lipinski definition) is 0. The van der Waals surface area contributed by atoms with Gasteiger partial charge in [0.1, 0.15) is 17.4 Å². The predicted octanol–water partition coefficient (Wildman–Crippen LogP) is 3.62. The van der Waals surface area contributed by atoms with E-state index >= 15 is 0 Å². The van der Waals surface area contributed by atoms with Crippen molar-refractivity contribution in [3.63, 3.8) is 0 Å². The van der Waals surface area contributed by atoms with E-state index in [0.717, 1.165) is 18.2 Å². The van der Waals surface area contributed by atoms with Crippen molar-refractivity contribution in [2.75, 3.05) is 6.61 Å². The van der Waals surface area contributed by atoms with Gasteiger partial charge >= 0.3 is 5.97 Å². The van der Waals surface area contributed by atoms with E-state index in [1.54, 1.807) is 26.0 Å². The number of ether oxygens (including phenoxy) is 1. The molecule has 1 unspecified atom stereocenters. The molecule has 0 saturated carbocycles. The fourth-order valence-corrected chi connectivity index (χ4v) is 2.22. The monoisotopic (exact) mass is 294 g/mol. The minimum Gasteiger partial charge on any atom is -0.469 e. The summed E-state index contributed by atoms with van der Waals surface area (Å²) < 4.78 is 37.3. The molecule has 3 nitrogen and oxygen atoms in total. The van der Waals surface area contributed by atoms with Crippen LogP contribution in [0.15, 0.2) is 41.0 Å². The lowest BCUT2D eigenvalue weighted by Crippen LogP contribution is -2.37. The average Bonchev–Trinajstić information content (AvgIpc) is 2.90. The van der Waals surface area contributed by atoms with Crippen LogP contribution < -0.4 is 0 Å². The molecule has 112 valence electrons. The van der Waals surface area contributed by atoms with Crippen LogP contribution in [0.5, 0.6) is 0 Å². The van der Waals surface area contributed by atoms with Gasteiger partial charge < -0.3 is 9.15 Å². The summed E-state index contributed by atoms with van der Waals surface area (Å²) in [7, 11) is 0. The molecule has 0 aliphatic heterocycles. The molecule has 5 heteroatoms. The Morgan fingerprint density at radius 3 is 2.48 bits per heavy atom. The van der Waals surface area contributed by atoms with Crippen molar-refractivity contribution in [1.82, 2.24) is 0 Å². The Balaban J connectivity index is 2.46. The molecule has 1 atom stereocenters. The summed E-state index contributed by atoms with van der Waals surface area (Å²) in [6.07, 6.45) is 1.63. The second-order valence-corrected chi connectivity index (χ2v) is 4.97. The van der Waals surface area contributed by atoms with Crippen molar-refractivity contribution >= 4 is 5.97 Å². The fraction of sp³-hybridized carbons (Fsp3) is 0.312. The highest BCUT2D eigenvalue weighted by molar-refractivity contribution is 5.83. The van der Waals surface area contributed by atoms with Gasteiger partial charge in [-0.25, -0.2) is 8.78 Å². The van der Waals surface area contributed by atoms with Gasteiger partial charge in [-0.15, -0.1) is 0 Å². The van der Waals surface area contributed by atoms with Crippen LogP contribution in [0, 0.1) is 11.6 Å². The van der Waals surface area contributed by atoms with E-state index in [0.29, 0.717) is 5.76 Å². The summed E-state index contributed by atoms with van der Waals surface area (Å²) in [6, 6.07) is 6.44. The first-order chi connectivity index (χ1) is 9.95. The summed E-state index contributed by atoms with van der Waals surface area (Å²) in [5.41, 5.74) is -1.01. The van der Waals surface area contributed by atoms with E-state index in [4.69, 9.17) is 9.15 Å². The van der Waals surface area contributed by atoms with Gasteiger partial charge in [-0.2, -0.15) is 0 Å². The lowest BCUT2D eigenvalue weighted by Gasteiger charge is -2.27. The molecule has 1 heterocycles. The van der Waals surface area contributed by atoms with Crippen LogP contribution in [0.1, 0.15) is 25.2 Å². The number of furan rings is 1. The number of carbonyl (C=O) groups excluding carboxylic acids is 1. The van der Waals surface area contributed by atoms with Crippen molar-refractivity contribution in [2.24, 2.45) is 0 Å². The highest BCUT2D eigenvalue weighted by Gasteiger charge is 2.38. The zero-order chi connectivity index (χ0) is 15.5. The Bertz CT molecular complexity index is 602. The Hall–Kier alpha value is -2.17. The smallest absolute Gasteiger partial charge is 0.316 e. The van der Waals surface area contributed by atoms with Crippen molar-refractivity contribution in [1.29, 1.82) is 0 Å². The zero-order valence-corrected chi connectivity index (χ0v) is 11.9. The molecule has 0 radical (unpaired) electrons. The molecule has 2 aromatic rings. The first-order valence-electron chi connectivity index (χ1n) is 6.62. The second kappa shape index (κ2) is 6.08. The molecule has 1 aromatic carbocycles. The van der Waals surface area contributed by atoms with Crippen molar-refractivity contribution in [2.45, 2.75) is 25.7 Å². The molecule has 0 N–H and O–H groups in total. The number of halogens is 2. The van der Waals surface area contributed by atoms with E-state index in [2.05, 4.69) is 0 Å². The van der Waals surface area contributed by atoms with E-state index in [-0.39, 0.29) is 18.6 Å². The van der Waals surface area contributed by atoms with Crippen LogP contribution in [-0.2, 0) is 21.4 Å². The molecule has 0 aliphatic rings. The maximum Gasteiger partial charge on any atom is 0.316 e. The normalized spacial score (nSPS) is 13.7. The van der Waals surface area contributed by atoms with Gasteiger partial charge in [-0.05, 0) is 43.7 Å². The first kappa shape index (κ1) is 15.2. The molecule has 0 amide bonds. The van der Waals surface area contributed by atoms with Crippen LogP contribution in [0.3, 0.4) is 0 Å². The SMILES string of the molecule is CCOC(=O)C(C)(Cc1ccco1)c1cc(F)cc(F)c1. The van der Waals surface area contributed by atoms with Crippen LogP contribution in [0.2, 0.25) is 0 Å². The van der Waals surface area contributed by atoms with E-state index < -0.39 is 23.0 Å². The van der Waals surface area contributed by atoms with Crippen LogP contribution >= 0.6 is 0 Å². The quantitative estimate of drug-likeness (QED) is 0.791. The third kappa shape index (κ3) is 3.29. The maximum absolute atomic E-state index is 13.5. The van der Waals surface area contributed by atoms with Gasteiger partial charge in [0, 0.05) is 12.5 Å². The predicted molar refractivity (Wildman–Crippen MR) is 72.8 cm³/mol. The molecule has 0 spiro atoms. The zero-order valence-electron chi connectivity index (χ0n) is 11.9. The van der Waals surface area contributed by atoms with Gasteiger partial charge in [-0.3, -0.25) is 4.79 Å². The van der Waals surface area contributed by atoms with E-state index in [1.807, 2.05) is 0 Å². The van der Waals surface area contributed by atoms with E-state index in [1.165, 1.54) is 6.26 Å². The Morgan fingerprint density at radius 2 is 1.95 bits per heavy atom. The Labute approximate surface area is 121 Å². The summed E-state index contributed by atoms with van der Waals surface area (Å²) in [5, 5.41) is 0. The summed E-state index contributed by atoms with van der Waals surface area (Å²) in [5.74, 6) is -1.48. The number of benzene rings is 1. The highest BCUT2D eigenvalue weighted by atomic mass is 19.1. The molecular formula is C16H16F2O3. The summed E-state index contributed by atoms with van der Waals surface area (Å²) >= 11 is 0. The fourth-order valence-electron chi connectivity index (χ4n) is 2.22. The van der Waals surface area contributed by atoms with E-state index in [9.17, 15) is 13.6 Å². The van der Waals surface area contributed by atoms with Crippen LogP contribution in [0.4, 0.5) is 8.78 Å². The molecule has 0 bridgehead atoms. The molecular weight excluding hydrogens is 278 g/mol. The molecule has 1 aromatic heterocycles. The lowest BCUT2D eigenvalue weighted by atomic mass is 9.78. The summed E-state index contributed by atoms with van der Waals surface area (Å²) in [6.45, 7) is 3.45. The van der Waals surface area contributed by atoms with Gasteiger partial charge in [0.05, 0.1) is 18.3 Å². The minimum absolute atomic E-state index is 0.154. The average molecular weight is 294 g/mol. The topological polar surface area (TPSA) is 39.4 Å². The van der Waals surface area contributed by atoms with Gasteiger partial charge in [0.25, 0.3) is 0 Å². The van der Waals surface area contributed by atoms with Gasteiger partial charge in [-0.1, -0.05) is 0 Å². The minimum atomic E-state index is -1.23. The van der Waals surface area contributed by atoms with Crippen molar-refractivity contribution in [3.8, 4) is 0 Å². The standard InChI is InChI=1S/C16H16F2O3/c1-3-20-15(19)16(2,10-14-5-4-6-21-14)11-7-12(17)9-13(18)8-11/h4-9H,3,10H2,1-2H3. The molecule has 0 saturated heterocycles. The molecule has 0 aliphatic carbocycles. The Kier molecular flexibility index (Phi) is 4.40. The lowest BCUT2D eigenvalue weighted by molar-refractivity contribution is -0.149. The molecule has 21 heavy (non-hydrogen) atoms. The highest BCUT2D eigenvalue weighted by Crippen LogP contribution is 2.31. The van der Waals surface area contributed by atoms with Crippen LogP contribution in [-0.4, -0.2) is 12.6 Å². The van der Waals surface area contributed by atoms with Gasteiger partial charge in [0.2, 0.25) is 0 Å². The first-order valence-corrected chi connectivity index (χ1v) is 6.62. The largest absolute Gasteiger partial charge is 0.469 e. The second-order valence-electron chi connectivity index (χ2n) is 4.97. The molecule has 0 fully saturated rings. The summed E-state index contributed by atoms with van der Waals surface area (Å²) in [4.78, 5) is 12.3. The third-order valence-corrected chi connectivity index (χ3v) is 3.33. The van der Waals surface area contributed by atoms with Crippen LogP contribution in [0.25, 0.3) is 0 Å².